The van der Waals surface area contributed by atoms with Gasteiger partial charge in [-0.3, -0.25) is 0 Å². The van der Waals surface area contributed by atoms with Crippen molar-refractivity contribution in [3.63, 3.8) is 0 Å². The molecule has 2 aromatic rings. The summed E-state index contributed by atoms with van der Waals surface area (Å²) in [6.45, 7) is 0.175. The molecule has 0 bridgehead atoms. The number of nitrogens with zero attached hydrogens (tertiary/aromatic N) is 2. The average molecular weight is 427 g/mol. The van der Waals surface area contributed by atoms with Gasteiger partial charge in [-0.15, -0.1) is 0 Å². The number of methoxy groups -OCH3 is 1. The number of halogens is 4. The molecule has 30 heavy (non-hydrogen) atoms. The second kappa shape index (κ2) is 9.10. The van der Waals surface area contributed by atoms with Gasteiger partial charge in [-0.05, 0) is 24.3 Å². The van der Waals surface area contributed by atoms with E-state index in [4.69, 9.17) is 9.47 Å². The SMILES string of the molecule is COc1ccc(NC(=O)N2CCN(c3ccccc3F)CC2)cc1OCC(F)(F)F. The number of urea groups is 1. The molecule has 0 aliphatic carbocycles. The van der Waals surface area contributed by atoms with Crippen LogP contribution in [-0.4, -0.2) is 57.0 Å². The van der Waals surface area contributed by atoms with E-state index in [1.165, 1.54) is 31.4 Å². The molecule has 1 saturated heterocycles. The first-order valence-electron chi connectivity index (χ1n) is 9.20. The fourth-order valence-electron chi connectivity index (χ4n) is 3.09. The number of carbonyl (C=O) groups is 1. The van der Waals surface area contributed by atoms with E-state index >= 15 is 0 Å². The van der Waals surface area contributed by atoms with E-state index in [9.17, 15) is 22.4 Å². The van der Waals surface area contributed by atoms with E-state index in [0.29, 0.717) is 31.9 Å². The first kappa shape index (κ1) is 21.5. The highest BCUT2D eigenvalue weighted by Gasteiger charge is 2.29. The van der Waals surface area contributed by atoms with Gasteiger partial charge in [0.1, 0.15) is 5.82 Å². The van der Waals surface area contributed by atoms with Crippen LogP contribution >= 0.6 is 0 Å². The van der Waals surface area contributed by atoms with Gasteiger partial charge in [-0.2, -0.15) is 13.2 Å². The number of hydrogen-bond acceptors (Lipinski definition) is 4. The molecule has 0 spiro atoms. The molecule has 0 aromatic heterocycles. The van der Waals surface area contributed by atoms with Gasteiger partial charge in [0.15, 0.2) is 18.1 Å². The Hall–Kier alpha value is -3.17. The number of benzene rings is 2. The third-order valence-corrected chi connectivity index (χ3v) is 4.57. The summed E-state index contributed by atoms with van der Waals surface area (Å²) in [5.74, 6) is -0.326. The summed E-state index contributed by atoms with van der Waals surface area (Å²) in [6.07, 6.45) is -4.50. The quantitative estimate of drug-likeness (QED) is 0.730. The highest BCUT2D eigenvalue weighted by molar-refractivity contribution is 5.90. The summed E-state index contributed by atoms with van der Waals surface area (Å²) in [6, 6.07) is 10.2. The van der Waals surface area contributed by atoms with Crippen LogP contribution < -0.4 is 19.7 Å². The Morgan fingerprint density at radius 2 is 1.77 bits per heavy atom. The van der Waals surface area contributed by atoms with Crippen LogP contribution in [0.25, 0.3) is 0 Å². The Bertz CT molecular complexity index is 884. The summed E-state index contributed by atoms with van der Waals surface area (Å²) in [5, 5.41) is 2.64. The number of ether oxygens (including phenoxy) is 2. The molecule has 0 radical (unpaired) electrons. The van der Waals surface area contributed by atoms with Gasteiger partial charge in [0, 0.05) is 37.9 Å². The number of rotatable bonds is 5. The number of anilines is 2. The molecule has 0 atom stereocenters. The fraction of sp³-hybridized carbons (Fsp3) is 0.350. The van der Waals surface area contributed by atoms with Gasteiger partial charge in [0.05, 0.1) is 12.8 Å². The summed E-state index contributed by atoms with van der Waals surface area (Å²) in [7, 11) is 1.31. The molecule has 2 aromatic carbocycles. The molecule has 1 fully saturated rings. The van der Waals surface area contributed by atoms with Crippen LogP contribution in [0.15, 0.2) is 42.5 Å². The molecule has 1 aliphatic heterocycles. The zero-order valence-electron chi connectivity index (χ0n) is 16.2. The molecule has 1 heterocycles. The third-order valence-electron chi connectivity index (χ3n) is 4.57. The van der Waals surface area contributed by atoms with Gasteiger partial charge in [-0.1, -0.05) is 12.1 Å². The van der Waals surface area contributed by atoms with Crippen LogP contribution in [0, 0.1) is 5.82 Å². The lowest BCUT2D eigenvalue weighted by molar-refractivity contribution is -0.153. The van der Waals surface area contributed by atoms with Gasteiger partial charge < -0.3 is 24.6 Å². The monoisotopic (exact) mass is 427 g/mol. The van der Waals surface area contributed by atoms with E-state index < -0.39 is 18.8 Å². The summed E-state index contributed by atoms with van der Waals surface area (Å²) in [5.41, 5.74) is 0.758. The Balaban J connectivity index is 1.60. The number of carbonyl (C=O) groups excluding carboxylic acids is 1. The molecular formula is C20H21F4N3O3. The predicted octanol–water partition coefficient (Wildman–Crippen LogP) is 4.13. The largest absolute Gasteiger partial charge is 0.493 e. The van der Waals surface area contributed by atoms with Crippen molar-refractivity contribution in [1.82, 2.24) is 4.90 Å². The Labute approximate surface area is 171 Å². The highest BCUT2D eigenvalue weighted by Crippen LogP contribution is 2.32. The maximum Gasteiger partial charge on any atom is 0.422 e. The predicted molar refractivity (Wildman–Crippen MR) is 104 cm³/mol. The first-order valence-corrected chi connectivity index (χ1v) is 9.20. The van der Waals surface area contributed by atoms with Crippen LogP contribution in [0.3, 0.4) is 0 Å². The lowest BCUT2D eigenvalue weighted by atomic mass is 10.2. The number of piperazine rings is 1. The Kier molecular flexibility index (Phi) is 6.53. The normalized spacial score (nSPS) is 14.4. The molecule has 0 saturated carbocycles. The highest BCUT2D eigenvalue weighted by atomic mass is 19.4. The number of amides is 2. The molecule has 1 N–H and O–H groups in total. The Morgan fingerprint density at radius 1 is 1.07 bits per heavy atom. The summed E-state index contributed by atoms with van der Waals surface area (Å²) >= 11 is 0. The third kappa shape index (κ3) is 5.46. The van der Waals surface area contributed by atoms with E-state index in [1.54, 1.807) is 23.1 Å². The number of para-hydroxylation sites is 1. The molecule has 1 aliphatic rings. The van der Waals surface area contributed by atoms with Crippen molar-refractivity contribution < 1.29 is 31.8 Å². The van der Waals surface area contributed by atoms with Crippen molar-refractivity contribution in [3.8, 4) is 11.5 Å². The van der Waals surface area contributed by atoms with Crippen molar-refractivity contribution >= 4 is 17.4 Å². The number of alkyl halides is 3. The number of nitrogens with one attached hydrogen (secondary N) is 1. The van der Waals surface area contributed by atoms with Crippen molar-refractivity contribution in [2.24, 2.45) is 0 Å². The van der Waals surface area contributed by atoms with Crippen molar-refractivity contribution in [3.05, 3.63) is 48.3 Å². The van der Waals surface area contributed by atoms with E-state index in [-0.39, 0.29) is 23.0 Å². The van der Waals surface area contributed by atoms with E-state index in [1.807, 2.05) is 4.90 Å². The fourth-order valence-corrected chi connectivity index (χ4v) is 3.09. The molecule has 6 nitrogen and oxygen atoms in total. The Morgan fingerprint density at radius 3 is 2.40 bits per heavy atom. The zero-order valence-corrected chi connectivity index (χ0v) is 16.2. The van der Waals surface area contributed by atoms with E-state index in [0.717, 1.165) is 0 Å². The van der Waals surface area contributed by atoms with E-state index in [2.05, 4.69) is 5.32 Å². The van der Waals surface area contributed by atoms with Crippen LogP contribution in [0.5, 0.6) is 11.5 Å². The van der Waals surface area contributed by atoms with Gasteiger partial charge in [-0.25, -0.2) is 9.18 Å². The lowest BCUT2D eigenvalue weighted by Crippen LogP contribution is -2.50. The summed E-state index contributed by atoms with van der Waals surface area (Å²) < 4.78 is 61.0. The van der Waals surface area contributed by atoms with Crippen LogP contribution in [0.1, 0.15) is 0 Å². The van der Waals surface area contributed by atoms with Crippen LogP contribution in [0.4, 0.5) is 33.7 Å². The minimum Gasteiger partial charge on any atom is -0.493 e. The molecular weight excluding hydrogens is 406 g/mol. The molecule has 0 unspecified atom stereocenters. The lowest BCUT2D eigenvalue weighted by Gasteiger charge is -2.36. The smallest absolute Gasteiger partial charge is 0.422 e. The molecule has 2 amide bonds. The average Bonchev–Trinajstić information content (AvgIpc) is 2.72. The van der Waals surface area contributed by atoms with Crippen molar-refractivity contribution in [1.29, 1.82) is 0 Å². The molecule has 10 heteroatoms. The van der Waals surface area contributed by atoms with Gasteiger partial charge in [0.2, 0.25) is 0 Å². The first-order chi connectivity index (χ1) is 14.3. The van der Waals surface area contributed by atoms with Crippen molar-refractivity contribution in [2.45, 2.75) is 6.18 Å². The van der Waals surface area contributed by atoms with Crippen molar-refractivity contribution in [2.75, 3.05) is 50.1 Å². The van der Waals surface area contributed by atoms with Gasteiger partial charge >= 0.3 is 12.2 Å². The second-order valence-electron chi connectivity index (χ2n) is 6.63. The maximum absolute atomic E-state index is 13.9. The maximum atomic E-state index is 13.9. The van der Waals surface area contributed by atoms with Crippen LogP contribution in [-0.2, 0) is 0 Å². The minimum absolute atomic E-state index is 0.121. The molecule has 3 rings (SSSR count). The second-order valence-corrected chi connectivity index (χ2v) is 6.63. The standard InChI is InChI=1S/C20H21F4N3O3/c1-29-17-7-6-14(12-18(17)30-13-20(22,23)24)25-19(28)27-10-8-26(9-11-27)16-5-3-2-4-15(16)21/h2-7,12H,8-11,13H2,1H3,(H,25,28). The summed E-state index contributed by atoms with van der Waals surface area (Å²) in [4.78, 5) is 15.9. The van der Waals surface area contributed by atoms with Gasteiger partial charge in [0.25, 0.3) is 0 Å². The number of hydrogen-bond donors (Lipinski definition) is 1. The minimum atomic E-state index is -4.50. The zero-order chi connectivity index (χ0) is 21.7. The van der Waals surface area contributed by atoms with Crippen LogP contribution in [0.2, 0.25) is 0 Å². The molecule has 162 valence electrons. The topological polar surface area (TPSA) is 54.0 Å².